The van der Waals surface area contributed by atoms with Gasteiger partial charge < -0.3 is 10.6 Å². The van der Waals surface area contributed by atoms with Crippen molar-refractivity contribution in [3.63, 3.8) is 0 Å². The Labute approximate surface area is 84.5 Å². The van der Waals surface area contributed by atoms with Gasteiger partial charge in [-0.15, -0.1) is 0 Å². The van der Waals surface area contributed by atoms with Crippen LogP contribution in [0.3, 0.4) is 0 Å². The van der Waals surface area contributed by atoms with Crippen LogP contribution in [0.5, 0.6) is 0 Å². The highest BCUT2D eigenvalue weighted by Crippen LogP contribution is 1.99. The number of hydrogen-bond acceptors (Lipinski definition) is 2. The first-order chi connectivity index (χ1) is 6.31. The topological polar surface area (TPSA) is 29.3 Å². The van der Waals surface area contributed by atoms with Crippen LogP contribution < -0.4 is 5.73 Å². The maximum absolute atomic E-state index is 5.42. The zero-order chi connectivity index (χ0) is 10.5. The Morgan fingerprint density at radius 1 is 1.00 bits per heavy atom. The Kier molecular flexibility index (Phi) is 17.1. The van der Waals surface area contributed by atoms with Gasteiger partial charge >= 0.3 is 0 Å². The smallest absolute Gasteiger partial charge is 0.0102 e. The molecule has 0 unspecified atom stereocenters. The molecule has 0 saturated heterocycles. The molecular weight excluding hydrogens is 160 g/mol. The predicted molar refractivity (Wildman–Crippen MR) is 62.0 cm³/mol. The number of nitrogens with two attached hydrogens (primary N) is 1. The van der Waals surface area contributed by atoms with Crippen LogP contribution in [0.4, 0.5) is 0 Å². The molecule has 0 bridgehead atoms. The van der Waals surface area contributed by atoms with Crippen LogP contribution in [0.1, 0.15) is 46.5 Å². The summed E-state index contributed by atoms with van der Waals surface area (Å²) in [5.41, 5.74) is 5.42. The monoisotopic (exact) mass is 188 g/mol. The normalized spacial score (nSPS) is 9.69. The fraction of sp³-hybridized carbons (Fsp3) is 1.00. The first kappa shape index (κ1) is 15.4. The predicted octanol–water partition coefficient (Wildman–Crippen LogP) is 2.48. The fourth-order valence-corrected chi connectivity index (χ4v) is 1.14. The Morgan fingerprint density at radius 2 is 1.62 bits per heavy atom. The van der Waals surface area contributed by atoms with Crippen molar-refractivity contribution in [1.82, 2.24) is 4.90 Å². The molecular formula is C11H28N2. The molecule has 82 valence electrons. The molecule has 0 atom stereocenters. The van der Waals surface area contributed by atoms with Crippen LogP contribution in [-0.4, -0.2) is 31.6 Å². The van der Waals surface area contributed by atoms with Crippen molar-refractivity contribution in [2.45, 2.75) is 46.5 Å². The summed E-state index contributed by atoms with van der Waals surface area (Å²) in [6.45, 7) is 9.26. The van der Waals surface area contributed by atoms with Gasteiger partial charge in [-0.1, -0.05) is 40.0 Å². The zero-order valence-corrected chi connectivity index (χ0v) is 9.97. The van der Waals surface area contributed by atoms with Crippen LogP contribution in [0.25, 0.3) is 0 Å². The third kappa shape index (κ3) is 14.7. The van der Waals surface area contributed by atoms with E-state index in [1.807, 2.05) is 13.8 Å². The Hall–Kier alpha value is -0.0800. The Morgan fingerprint density at radius 3 is 2.08 bits per heavy atom. The lowest BCUT2D eigenvalue weighted by Gasteiger charge is -2.14. The van der Waals surface area contributed by atoms with Gasteiger partial charge in [-0.2, -0.15) is 0 Å². The van der Waals surface area contributed by atoms with Gasteiger partial charge in [-0.25, -0.2) is 0 Å². The lowest BCUT2D eigenvalue weighted by molar-refractivity contribution is 0.333. The average molecular weight is 188 g/mol. The third-order valence-corrected chi connectivity index (χ3v) is 1.90. The Bertz CT molecular complexity index is 74.5. The SMILES string of the molecule is CC.CCCCCCN(C)CCN. The molecule has 2 nitrogen and oxygen atoms in total. The number of hydrogen-bond donors (Lipinski definition) is 1. The highest BCUT2D eigenvalue weighted by Gasteiger charge is 1.94. The van der Waals surface area contributed by atoms with Gasteiger partial charge in [0.25, 0.3) is 0 Å². The van der Waals surface area contributed by atoms with Crippen LogP contribution in [0.15, 0.2) is 0 Å². The second-order valence-electron chi connectivity index (χ2n) is 3.15. The summed E-state index contributed by atoms with van der Waals surface area (Å²) in [5.74, 6) is 0. The van der Waals surface area contributed by atoms with Gasteiger partial charge in [-0.05, 0) is 20.0 Å². The summed E-state index contributed by atoms with van der Waals surface area (Å²) in [7, 11) is 2.14. The molecule has 0 radical (unpaired) electrons. The van der Waals surface area contributed by atoms with Crippen LogP contribution in [0.2, 0.25) is 0 Å². The molecule has 0 heterocycles. The molecule has 0 fully saturated rings. The van der Waals surface area contributed by atoms with E-state index >= 15 is 0 Å². The van der Waals surface area contributed by atoms with Crippen LogP contribution in [0, 0.1) is 0 Å². The first-order valence-corrected chi connectivity index (χ1v) is 5.70. The van der Waals surface area contributed by atoms with E-state index in [0.717, 1.165) is 13.1 Å². The standard InChI is InChI=1S/C9H22N2.C2H6/c1-3-4-5-6-8-11(2)9-7-10;1-2/h3-10H2,1-2H3;1-2H3. The van der Waals surface area contributed by atoms with Crippen molar-refractivity contribution in [2.24, 2.45) is 5.73 Å². The Balaban J connectivity index is 0. The van der Waals surface area contributed by atoms with E-state index in [4.69, 9.17) is 5.73 Å². The molecule has 0 spiro atoms. The number of nitrogens with zero attached hydrogens (tertiary/aromatic N) is 1. The lowest BCUT2D eigenvalue weighted by Crippen LogP contribution is -2.26. The number of rotatable bonds is 7. The van der Waals surface area contributed by atoms with Crippen LogP contribution in [-0.2, 0) is 0 Å². The largest absolute Gasteiger partial charge is 0.329 e. The van der Waals surface area contributed by atoms with Gasteiger partial charge in [0.15, 0.2) is 0 Å². The number of unbranched alkanes of at least 4 members (excludes halogenated alkanes) is 3. The quantitative estimate of drug-likeness (QED) is 0.622. The average Bonchev–Trinajstić information content (AvgIpc) is 2.16. The van der Waals surface area contributed by atoms with E-state index in [9.17, 15) is 0 Å². The third-order valence-electron chi connectivity index (χ3n) is 1.90. The molecule has 0 aromatic heterocycles. The van der Waals surface area contributed by atoms with E-state index in [1.54, 1.807) is 0 Å². The highest BCUT2D eigenvalue weighted by atomic mass is 15.1. The van der Waals surface area contributed by atoms with Gasteiger partial charge in [-0.3, -0.25) is 0 Å². The minimum absolute atomic E-state index is 0.782. The molecule has 13 heavy (non-hydrogen) atoms. The molecule has 0 amide bonds. The fourth-order valence-electron chi connectivity index (χ4n) is 1.14. The molecule has 2 N–H and O–H groups in total. The minimum Gasteiger partial charge on any atom is -0.329 e. The maximum atomic E-state index is 5.42. The van der Waals surface area contributed by atoms with Gasteiger partial charge in [0.2, 0.25) is 0 Å². The summed E-state index contributed by atoms with van der Waals surface area (Å²) in [6.07, 6.45) is 5.38. The second kappa shape index (κ2) is 14.4. The zero-order valence-electron chi connectivity index (χ0n) is 9.97. The van der Waals surface area contributed by atoms with E-state index in [2.05, 4.69) is 18.9 Å². The molecule has 0 aromatic rings. The van der Waals surface area contributed by atoms with Gasteiger partial charge in [0.05, 0.1) is 0 Å². The highest BCUT2D eigenvalue weighted by molar-refractivity contribution is 4.51. The molecule has 0 saturated carbocycles. The van der Waals surface area contributed by atoms with Crippen molar-refractivity contribution in [2.75, 3.05) is 26.7 Å². The summed E-state index contributed by atoms with van der Waals surface area (Å²) >= 11 is 0. The first-order valence-electron chi connectivity index (χ1n) is 5.70. The van der Waals surface area contributed by atoms with Crippen LogP contribution >= 0.6 is 0 Å². The molecule has 0 rings (SSSR count). The molecule has 0 aliphatic heterocycles. The minimum atomic E-state index is 0.782. The van der Waals surface area contributed by atoms with Crippen molar-refractivity contribution in [1.29, 1.82) is 0 Å². The summed E-state index contributed by atoms with van der Waals surface area (Å²) < 4.78 is 0. The summed E-state index contributed by atoms with van der Waals surface area (Å²) in [6, 6.07) is 0. The van der Waals surface area contributed by atoms with E-state index in [1.165, 1.54) is 32.2 Å². The van der Waals surface area contributed by atoms with Crippen molar-refractivity contribution < 1.29 is 0 Å². The van der Waals surface area contributed by atoms with E-state index in [-0.39, 0.29) is 0 Å². The maximum Gasteiger partial charge on any atom is 0.0102 e. The molecule has 2 heteroatoms. The number of likely N-dealkylation sites (N-methyl/N-ethyl adjacent to an activating group) is 1. The van der Waals surface area contributed by atoms with Gasteiger partial charge in [0, 0.05) is 13.1 Å². The molecule has 0 aliphatic carbocycles. The summed E-state index contributed by atoms with van der Waals surface area (Å²) in [4.78, 5) is 2.30. The van der Waals surface area contributed by atoms with Crippen molar-refractivity contribution in [3.8, 4) is 0 Å². The lowest BCUT2D eigenvalue weighted by atomic mass is 10.2. The van der Waals surface area contributed by atoms with Gasteiger partial charge in [0.1, 0.15) is 0 Å². The molecule has 0 aliphatic rings. The van der Waals surface area contributed by atoms with E-state index in [0.29, 0.717) is 0 Å². The van der Waals surface area contributed by atoms with Crippen molar-refractivity contribution >= 4 is 0 Å². The van der Waals surface area contributed by atoms with Crippen molar-refractivity contribution in [3.05, 3.63) is 0 Å². The molecule has 0 aromatic carbocycles. The second-order valence-corrected chi connectivity index (χ2v) is 3.15. The summed E-state index contributed by atoms with van der Waals surface area (Å²) in [5, 5.41) is 0. The van der Waals surface area contributed by atoms with E-state index < -0.39 is 0 Å².